The van der Waals surface area contributed by atoms with Crippen molar-refractivity contribution in [2.45, 2.75) is 19.9 Å². The molecule has 1 aromatic heterocycles. The lowest BCUT2D eigenvalue weighted by Crippen LogP contribution is -2.20. The van der Waals surface area contributed by atoms with E-state index in [-0.39, 0.29) is 0 Å². The second-order valence-electron chi connectivity index (χ2n) is 4.21. The summed E-state index contributed by atoms with van der Waals surface area (Å²) in [5.41, 5.74) is 7.44. The van der Waals surface area contributed by atoms with Gasteiger partial charge < -0.3 is 5.73 Å². The van der Waals surface area contributed by atoms with Crippen LogP contribution in [0.25, 0.3) is 0 Å². The predicted octanol–water partition coefficient (Wildman–Crippen LogP) is 1.51. The third-order valence-electron chi connectivity index (χ3n) is 2.74. The largest absolute Gasteiger partial charge is 0.397 e. The fourth-order valence-electron chi connectivity index (χ4n) is 1.93. The Kier molecular flexibility index (Phi) is 2.68. The van der Waals surface area contributed by atoms with Gasteiger partial charge in [-0.15, -0.1) is 0 Å². The summed E-state index contributed by atoms with van der Waals surface area (Å²) in [6, 6.07) is 3.93. The Labute approximate surface area is 84.9 Å². The molecule has 2 N–H and O–H groups in total. The van der Waals surface area contributed by atoms with E-state index in [2.05, 4.69) is 16.8 Å². The zero-order chi connectivity index (χ0) is 9.97. The van der Waals surface area contributed by atoms with Gasteiger partial charge >= 0.3 is 0 Å². The molecule has 1 aromatic rings. The molecule has 0 spiro atoms. The van der Waals surface area contributed by atoms with E-state index in [1.807, 2.05) is 12.1 Å². The van der Waals surface area contributed by atoms with Gasteiger partial charge in [0.2, 0.25) is 0 Å². The Hall–Kier alpha value is -1.09. The number of nitrogen functional groups attached to an aromatic ring is 1. The fourth-order valence-corrected chi connectivity index (χ4v) is 1.93. The Bertz CT molecular complexity index is 294. The molecule has 0 aliphatic carbocycles. The monoisotopic (exact) mass is 191 g/mol. The number of hydrogen-bond donors (Lipinski definition) is 1. The van der Waals surface area contributed by atoms with Crippen LogP contribution in [-0.2, 0) is 6.54 Å². The zero-order valence-electron chi connectivity index (χ0n) is 8.61. The van der Waals surface area contributed by atoms with E-state index < -0.39 is 0 Å². The van der Waals surface area contributed by atoms with Crippen molar-refractivity contribution in [2.75, 3.05) is 18.8 Å². The summed E-state index contributed by atoms with van der Waals surface area (Å²) in [4.78, 5) is 6.75. The average Bonchev–Trinajstić information content (AvgIpc) is 2.56. The maximum absolute atomic E-state index is 5.58. The van der Waals surface area contributed by atoms with Gasteiger partial charge in [-0.25, -0.2) is 0 Å². The van der Waals surface area contributed by atoms with Crippen LogP contribution in [0.1, 0.15) is 19.0 Å². The SMILES string of the molecule is CC1CCN(Cc2ccc(N)cn2)C1. The van der Waals surface area contributed by atoms with Crippen molar-refractivity contribution in [2.24, 2.45) is 5.92 Å². The van der Waals surface area contributed by atoms with Gasteiger partial charge in [-0.2, -0.15) is 0 Å². The summed E-state index contributed by atoms with van der Waals surface area (Å²) in [5.74, 6) is 0.837. The summed E-state index contributed by atoms with van der Waals surface area (Å²) in [7, 11) is 0. The summed E-state index contributed by atoms with van der Waals surface area (Å²) < 4.78 is 0. The first-order valence-electron chi connectivity index (χ1n) is 5.17. The van der Waals surface area contributed by atoms with Crippen molar-refractivity contribution in [3.05, 3.63) is 24.0 Å². The van der Waals surface area contributed by atoms with Crippen molar-refractivity contribution < 1.29 is 0 Å². The highest BCUT2D eigenvalue weighted by molar-refractivity contribution is 5.34. The molecule has 3 heteroatoms. The molecule has 0 radical (unpaired) electrons. The molecule has 1 aliphatic rings. The number of nitrogens with zero attached hydrogens (tertiary/aromatic N) is 2. The van der Waals surface area contributed by atoms with E-state index in [1.165, 1.54) is 19.5 Å². The first kappa shape index (κ1) is 9.46. The normalized spacial score (nSPS) is 22.8. The third-order valence-corrected chi connectivity index (χ3v) is 2.74. The molecule has 0 bridgehead atoms. The van der Waals surface area contributed by atoms with Crippen LogP contribution in [0.3, 0.4) is 0 Å². The van der Waals surface area contributed by atoms with Gasteiger partial charge in [0, 0.05) is 13.1 Å². The summed E-state index contributed by atoms with van der Waals surface area (Å²) in [6.07, 6.45) is 3.05. The molecule has 2 heterocycles. The number of hydrogen-bond acceptors (Lipinski definition) is 3. The standard InChI is InChI=1S/C11H17N3/c1-9-4-5-14(7-9)8-11-3-2-10(12)6-13-11/h2-3,6,9H,4-5,7-8,12H2,1H3. The van der Waals surface area contributed by atoms with E-state index in [1.54, 1.807) is 6.20 Å². The number of anilines is 1. The number of aromatic nitrogens is 1. The maximum Gasteiger partial charge on any atom is 0.0545 e. The Morgan fingerprint density at radius 1 is 1.57 bits per heavy atom. The highest BCUT2D eigenvalue weighted by Gasteiger charge is 2.18. The highest BCUT2D eigenvalue weighted by Crippen LogP contribution is 2.17. The van der Waals surface area contributed by atoms with Crippen LogP contribution in [0.2, 0.25) is 0 Å². The first-order chi connectivity index (χ1) is 6.74. The first-order valence-corrected chi connectivity index (χ1v) is 5.17. The van der Waals surface area contributed by atoms with Crippen molar-refractivity contribution in [1.29, 1.82) is 0 Å². The van der Waals surface area contributed by atoms with E-state index >= 15 is 0 Å². The Morgan fingerprint density at radius 2 is 2.43 bits per heavy atom. The topological polar surface area (TPSA) is 42.1 Å². The molecule has 1 unspecified atom stereocenters. The highest BCUT2D eigenvalue weighted by atomic mass is 15.1. The molecule has 76 valence electrons. The van der Waals surface area contributed by atoms with Gasteiger partial charge in [0.15, 0.2) is 0 Å². The van der Waals surface area contributed by atoms with Gasteiger partial charge in [0.1, 0.15) is 0 Å². The molecule has 2 rings (SSSR count). The number of rotatable bonds is 2. The average molecular weight is 191 g/mol. The van der Waals surface area contributed by atoms with Crippen molar-refractivity contribution in [3.63, 3.8) is 0 Å². The molecule has 0 amide bonds. The second kappa shape index (κ2) is 3.96. The molecule has 1 fully saturated rings. The van der Waals surface area contributed by atoms with Gasteiger partial charge in [-0.1, -0.05) is 6.92 Å². The summed E-state index contributed by atoms with van der Waals surface area (Å²) in [6.45, 7) is 5.67. The van der Waals surface area contributed by atoms with Gasteiger partial charge in [-0.3, -0.25) is 9.88 Å². The molecular weight excluding hydrogens is 174 g/mol. The smallest absolute Gasteiger partial charge is 0.0545 e. The number of likely N-dealkylation sites (tertiary alicyclic amines) is 1. The van der Waals surface area contributed by atoms with Crippen LogP contribution >= 0.6 is 0 Å². The van der Waals surface area contributed by atoms with Gasteiger partial charge in [0.05, 0.1) is 17.6 Å². The second-order valence-corrected chi connectivity index (χ2v) is 4.21. The fraction of sp³-hybridized carbons (Fsp3) is 0.545. The third kappa shape index (κ3) is 2.23. The number of pyridine rings is 1. The van der Waals surface area contributed by atoms with Crippen molar-refractivity contribution in [3.8, 4) is 0 Å². The molecule has 1 atom stereocenters. The summed E-state index contributed by atoms with van der Waals surface area (Å²) >= 11 is 0. The quantitative estimate of drug-likeness (QED) is 0.770. The zero-order valence-corrected chi connectivity index (χ0v) is 8.61. The van der Waals surface area contributed by atoms with Crippen molar-refractivity contribution in [1.82, 2.24) is 9.88 Å². The van der Waals surface area contributed by atoms with Crippen LogP contribution in [0.15, 0.2) is 18.3 Å². The van der Waals surface area contributed by atoms with E-state index in [0.29, 0.717) is 0 Å². The van der Waals surface area contributed by atoms with Crippen LogP contribution in [-0.4, -0.2) is 23.0 Å². The van der Waals surface area contributed by atoms with Crippen molar-refractivity contribution >= 4 is 5.69 Å². The summed E-state index contributed by atoms with van der Waals surface area (Å²) in [5, 5.41) is 0. The maximum atomic E-state index is 5.58. The van der Waals surface area contributed by atoms with E-state index in [4.69, 9.17) is 5.73 Å². The van der Waals surface area contributed by atoms with E-state index in [9.17, 15) is 0 Å². The number of nitrogens with two attached hydrogens (primary N) is 1. The van der Waals surface area contributed by atoms with Gasteiger partial charge in [-0.05, 0) is 31.0 Å². The Morgan fingerprint density at radius 3 is 3.00 bits per heavy atom. The molecule has 0 saturated carbocycles. The molecule has 3 nitrogen and oxygen atoms in total. The van der Waals surface area contributed by atoms with E-state index in [0.717, 1.165) is 23.8 Å². The molecule has 1 saturated heterocycles. The molecular formula is C11H17N3. The van der Waals surface area contributed by atoms with Crippen LogP contribution in [0.5, 0.6) is 0 Å². The van der Waals surface area contributed by atoms with Crippen LogP contribution < -0.4 is 5.73 Å². The lowest BCUT2D eigenvalue weighted by Gasteiger charge is -2.14. The lowest BCUT2D eigenvalue weighted by molar-refractivity contribution is 0.316. The lowest BCUT2D eigenvalue weighted by atomic mass is 10.2. The molecule has 1 aliphatic heterocycles. The molecule has 0 aromatic carbocycles. The minimum absolute atomic E-state index is 0.739. The Balaban J connectivity index is 1.94. The van der Waals surface area contributed by atoms with Gasteiger partial charge in [0.25, 0.3) is 0 Å². The minimum Gasteiger partial charge on any atom is -0.397 e. The molecule has 14 heavy (non-hydrogen) atoms. The van der Waals surface area contributed by atoms with Crippen LogP contribution in [0.4, 0.5) is 5.69 Å². The predicted molar refractivity (Wildman–Crippen MR) is 57.7 cm³/mol. The minimum atomic E-state index is 0.739. The van der Waals surface area contributed by atoms with Crippen LogP contribution in [0, 0.1) is 5.92 Å².